The van der Waals surface area contributed by atoms with Gasteiger partial charge in [0.05, 0.1) is 18.5 Å². The van der Waals surface area contributed by atoms with E-state index in [9.17, 15) is 8.78 Å². The highest BCUT2D eigenvalue weighted by atomic mass is 19.3. The first-order valence-electron chi connectivity index (χ1n) is 4.11. The summed E-state index contributed by atoms with van der Waals surface area (Å²) in [4.78, 5) is 3.75. The highest BCUT2D eigenvalue weighted by molar-refractivity contribution is 5.87. The number of methoxy groups -OCH3 is 1. The average Bonchev–Trinajstić information content (AvgIpc) is 2.18. The van der Waals surface area contributed by atoms with Crippen molar-refractivity contribution in [2.75, 3.05) is 7.11 Å². The minimum Gasteiger partial charge on any atom is -0.497 e. The smallest absolute Gasteiger partial charge is 0.276 e. The Kier molecular flexibility index (Phi) is 3.56. The lowest BCUT2D eigenvalue weighted by Crippen LogP contribution is -2.03. The Morgan fingerprint density at radius 2 is 2.14 bits per heavy atom. The molecule has 0 aliphatic carbocycles. The second-order valence-corrected chi connectivity index (χ2v) is 2.76. The molecular formula is C10H11F2NO. The monoisotopic (exact) mass is 199 g/mol. The first kappa shape index (κ1) is 10.6. The molecule has 0 bridgehead atoms. The summed E-state index contributed by atoms with van der Waals surface area (Å²) in [6.45, 7) is 1.30. The van der Waals surface area contributed by atoms with Gasteiger partial charge in [-0.1, -0.05) is 6.07 Å². The maximum Gasteiger partial charge on any atom is 0.276 e. The molecule has 0 saturated carbocycles. The average molecular weight is 199 g/mol. The molecule has 0 radical (unpaired) electrons. The molecule has 4 heteroatoms. The molecule has 76 valence electrons. The van der Waals surface area contributed by atoms with Gasteiger partial charge in [-0.25, -0.2) is 8.78 Å². The van der Waals surface area contributed by atoms with Gasteiger partial charge < -0.3 is 4.74 Å². The van der Waals surface area contributed by atoms with E-state index >= 15 is 0 Å². The van der Waals surface area contributed by atoms with Crippen molar-refractivity contribution >= 4 is 11.4 Å². The van der Waals surface area contributed by atoms with Gasteiger partial charge in [0.1, 0.15) is 5.75 Å². The summed E-state index contributed by atoms with van der Waals surface area (Å²) in [6, 6.07) is 6.69. The van der Waals surface area contributed by atoms with E-state index < -0.39 is 6.43 Å². The standard InChI is InChI=1S/C10H11F2NO/c1-7(10(11)12)13-8-4-3-5-9(6-8)14-2/h3-6,10H,1-2H3/b13-7+. The third-order valence-corrected chi connectivity index (χ3v) is 1.67. The van der Waals surface area contributed by atoms with E-state index in [1.807, 2.05) is 0 Å². The Bertz CT molecular complexity index is 337. The minimum absolute atomic E-state index is 0.196. The topological polar surface area (TPSA) is 21.6 Å². The fourth-order valence-corrected chi connectivity index (χ4v) is 0.932. The van der Waals surface area contributed by atoms with E-state index in [0.29, 0.717) is 11.4 Å². The predicted molar refractivity (Wildman–Crippen MR) is 51.8 cm³/mol. The first-order chi connectivity index (χ1) is 6.63. The largest absolute Gasteiger partial charge is 0.497 e. The van der Waals surface area contributed by atoms with Gasteiger partial charge in [0.15, 0.2) is 0 Å². The summed E-state index contributed by atoms with van der Waals surface area (Å²) >= 11 is 0. The Morgan fingerprint density at radius 1 is 1.43 bits per heavy atom. The molecule has 1 aromatic carbocycles. The lowest BCUT2D eigenvalue weighted by Gasteiger charge is -2.01. The van der Waals surface area contributed by atoms with Crippen molar-refractivity contribution in [3.05, 3.63) is 24.3 Å². The van der Waals surface area contributed by atoms with Crippen LogP contribution in [0.3, 0.4) is 0 Å². The third kappa shape index (κ3) is 2.80. The van der Waals surface area contributed by atoms with Crippen LogP contribution in [0.25, 0.3) is 0 Å². The molecular weight excluding hydrogens is 188 g/mol. The van der Waals surface area contributed by atoms with Crippen LogP contribution in [0.1, 0.15) is 6.92 Å². The zero-order valence-corrected chi connectivity index (χ0v) is 8.00. The van der Waals surface area contributed by atoms with Crippen molar-refractivity contribution in [2.24, 2.45) is 4.99 Å². The molecule has 0 heterocycles. The minimum atomic E-state index is -2.51. The fourth-order valence-electron chi connectivity index (χ4n) is 0.932. The van der Waals surface area contributed by atoms with Crippen LogP contribution in [0.4, 0.5) is 14.5 Å². The second-order valence-electron chi connectivity index (χ2n) is 2.76. The van der Waals surface area contributed by atoms with E-state index in [2.05, 4.69) is 4.99 Å². The molecule has 0 saturated heterocycles. The molecule has 0 atom stereocenters. The Labute approximate surface area is 81.2 Å². The van der Waals surface area contributed by atoms with Crippen LogP contribution in [0.2, 0.25) is 0 Å². The van der Waals surface area contributed by atoms with E-state index in [1.165, 1.54) is 14.0 Å². The lowest BCUT2D eigenvalue weighted by molar-refractivity contribution is 0.225. The summed E-state index contributed by atoms with van der Waals surface area (Å²) < 4.78 is 29.2. The number of halogens is 2. The van der Waals surface area contributed by atoms with Crippen molar-refractivity contribution < 1.29 is 13.5 Å². The van der Waals surface area contributed by atoms with Crippen LogP contribution in [0.5, 0.6) is 5.75 Å². The first-order valence-corrected chi connectivity index (χ1v) is 4.11. The highest BCUT2D eigenvalue weighted by Crippen LogP contribution is 2.20. The zero-order chi connectivity index (χ0) is 10.6. The number of ether oxygens (including phenoxy) is 1. The number of benzene rings is 1. The zero-order valence-electron chi connectivity index (χ0n) is 8.00. The highest BCUT2D eigenvalue weighted by Gasteiger charge is 2.06. The number of hydrogen-bond donors (Lipinski definition) is 0. The number of hydrogen-bond acceptors (Lipinski definition) is 2. The van der Waals surface area contributed by atoms with Crippen molar-refractivity contribution in [1.82, 2.24) is 0 Å². The molecule has 0 unspecified atom stereocenters. The SMILES string of the molecule is COc1cccc(/N=C(\C)C(F)F)c1. The third-order valence-electron chi connectivity index (χ3n) is 1.67. The van der Waals surface area contributed by atoms with Gasteiger partial charge in [-0.3, -0.25) is 4.99 Å². The van der Waals surface area contributed by atoms with E-state index in [4.69, 9.17) is 4.74 Å². The molecule has 0 aromatic heterocycles. The van der Waals surface area contributed by atoms with E-state index in [-0.39, 0.29) is 5.71 Å². The van der Waals surface area contributed by atoms with Crippen LogP contribution >= 0.6 is 0 Å². The van der Waals surface area contributed by atoms with Crippen LogP contribution in [-0.2, 0) is 0 Å². The molecule has 1 aromatic rings. The lowest BCUT2D eigenvalue weighted by atomic mass is 10.3. The van der Waals surface area contributed by atoms with Crippen LogP contribution in [0, 0.1) is 0 Å². The summed E-state index contributed by atoms with van der Waals surface area (Å²) in [5.41, 5.74) is 0.278. The van der Waals surface area contributed by atoms with Gasteiger partial charge in [-0.05, 0) is 19.1 Å². The number of rotatable bonds is 3. The van der Waals surface area contributed by atoms with Gasteiger partial charge in [0.2, 0.25) is 0 Å². The summed E-state index contributed by atoms with van der Waals surface area (Å²) in [5, 5.41) is 0. The molecule has 2 nitrogen and oxygen atoms in total. The van der Waals surface area contributed by atoms with Crippen LogP contribution in [0.15, 0.2) is 29.3 Å². The van der Waals surface area contributed by atoms with Crippen molar-refractivity contribution in [2.45, 2.75) is 13.3 Å². The Balaban J connectivity index is 2.91. The van der Waals surface area contributed by atoms with E-state index in [0.717, 1.165) is 0 Å². The van der Waals surface area contributed by atoms with Gasteiger partial charge >= 0.3 is 0 Å². The normalized spacial score (nSPS) is 11.9. The van der Waals surface area contributed by atoms with Gasteiger partial charge in [-0.2, -0.15) is 0 Å². The maximum absolute atomic E-state index is 12.1. The Hall–Kier alpha value is -1.45. The fraction of sp³-hybridized carbons (Fsp3) is 0.300. The number of alkyl halides is 2. The van der Waals surface area contributed by atoms with Crippen LogP contribution < -0.4 is 4.74 Å². The number of aliphatic imine (C=N–C) groups is 1. The molecule has 0 spiro atoms. The van der Waals surface area contributed by atoms with Crippen molar-refractivity contribution in [1.29, 1.82) is 0 Å². The molecule has 0 aliphatic heterocycles. The predicted octanol–water partition coefficient (Wildman–Crippen LogP) is 3.05. The molecule has 0 fully saturated rings. The van der Waals surface area contributed by atoms with E-state index in [1.54, 1.807) is 24.3 Å². The van der Waals surface area contributed by atoms with Crippen molar-refractivity contribution in [3.8, 4) is 5.75 Å². The summed E-state index contributed by atoms with van der Waals surface area (Å²) in [7, 11) is 1.52. The maximum atomic E-state index is 12.1. The molecule has 0 amide bonds. The summed E-state index contributed by atoms with van der Waals surface area (Å²) in [5.74, 6) is 0.605. The number of nitrogens with zero attached hydrogens (tertiary/aromatic N) is 1. The second kappa shape index (κ2) is 4.69. The van der Waals surface area contributed by atoms with Gasteiger partial charge in [0.25, 0.3) is 6.43 Å². The molecule has 14 heavy (non-hydrogen) atoms. The Morgan fingerprint density at radius 3 is 2.71 bits per heavy atom. The molecule has 0 N–H and O–H groups in total. The molecule has 1 rings (SSSR count). The summed E-state index contributed by atoms with van der Waals surface area (Å²) in [6.07, 6.45) is -2.51. The quantitative estimate of drug-likeness (QED) is 0.685. The van der Waals surface area contributed by atoms with Crippen molar-refractivity contribution in [3.63, 3.8) is 0 Å². The molecule has 0 aliphatic rings. The van der Waals surface area contributed by atoms with Gasteiger partial charge in [0, 0.05) is 6.07 Å². The van der Waals surface area contributed by atoms with Crippen LogP contribution in [-0.4, -0.2) is 19.2 Å². The van der Waals surface area contributed by atoms with Gasteiger partial charge in [-0.15, -0.1) is 0 Å².